The Hall–Kier alpha value is -1.16. The highest BCUT2D eigenvalue weighted by molar-refractivity contribution is 5.78. The molecule has 0 aromatic rings. The van der Waals surface area contributed by atoms with Crippen LogP contribution in [-0.2, 0) is 9.53 Å². The van der Waals surface area contributed by atoms with Crippen LogP contribution in [0.4, 0.5) is 0 Å². The van der Waals surface area contributed by atoms with E-state index in [1.807, 2.05) is 0 Å². The lowest BCUT2D eigenvalue weighted by molar-refractivity contribution is -0.161. The molecule has 1 unspecified atom stereocenters. The summed E-state index contributed by atoms with van der Waals surface area (Å²) in [5.74, 6) is -0.297. The minimum Gasteiger partial charge on any atom is -0.461 e. The SMILES string of the molecule is C=N/C=C/COC(=O)C1(C(C)O)CCCC1. The molecule has 4 nitrogen and oxygen atoms in total. The van der Waals surface area contributed by atoms with Crippen LogP contribution >= 0.6 is 0 Å². The summed E-state index contributed by atoms with van der Waals surface area (Å²) in [5, 5.41) is 9.73. The molecule has 0 amide bonds. The second-order valence-corrected chi connectivity index (χ2v) is 4.21. The molecule has 0 spiro atoms. The van der Waals surface area contributed by atoms with Crippen molar-refractivity contribution >= 4 is 12.7 Å². The first-order chi connectivity index (χ1) is 7.63. The van der Waals surface area contributed by atoms with Gasteiger partial charge in [-0.15, -0.1) is 0 Å². The third-order valence-electron chi connectivity index (χ3n) is 3.22. The largest absolute Gasteiger partial charge is 0.461 e. The van der Waals surface area contributed by atoms with E-state index in [1.165, 1.54) is 6.20 Å². The molecule has 4 heteroatoms. The Kier molecular flexibility index (Phi) is 4.68. The molecule has 1 saturated carbocycles. The van der Waals surface area contributed by atoms with Crippen LogP contribution < -0.4 is 0 Å². The van der Waals surface area contributed by atoms with E-state index in [0.29, 0.717) is 12.8 Å². The number of carbonyl (C=O) groups excluding carboxylic acids is 1. The number of aliphatic hydroxyl groups excluding tert-OH is 1. The predicted octanol–water partition coefficient (Wildman–Crippen LogP) is 1.69. The molecule has 0 saturated heterocycles. The van der Waals surface area contributed by atoms with E-state index in [2.05, 4.69) is 11.7 Å². The molecule has 0 heterocycles. The molecule has 0 radical (unpaired) electrons. The Morgan fingerprint density at radius 2 is 2.25 bits per heavy atom. The van der Waals surface area contributed by atoms with Crippen LogP contribution in [-0.4, -0.2) is 30.5 Å². The van der Waals surface area contributed by atoms with Gasteiger partial charge < -0.3 is 9.84 Å². The molecule has 0 bridgehead atoms. The fourth-order valence-electron chi connectivity index (χ4n) is 2.18. The van der Waals surface area contributed by atoms with Gasteiger partial charge >= 0.3 is 5.97 Å². The predicted molar refractivity (Wildman–Crippen MR) is 62.2 cm³/mol. The van der Waals surface area contributed by atoms with Crippen LogP contribution in [0.15, 0.2) is 17.3 Å². The lowest BCUT2D eigenvalue weighted by atomic mass is 9.81. The number of aliphatic hydroxyl groups is 1. The van der Waals surface area contributed by atoms with Gasteiger partial charge in [0.05, 0.1) is 11.5 Å². The average Bonchev–Trinajstić information content (AvgIpc) is 2.74. The maximum Gasteiger partial charge on any atom is 0.315 e. The van der Waals surface area contributed by atoms with Gasteiger partial charge in [0.1, 0.15) is 6.61 Å². The summed E-state index contributed by atoms with van der Waals surface area (Å²) in [6.07, 6.45) is 5.84. The molecule has 90 valence electrons. The monoisotopic (exact) mass is 225 g/mol. The maximum atomic E-state index is 11.9. The molecule has 1 N–H and O–H groups in total. The highest BCUT2D eigenvalue weighted by Crippen LogP contribution is 2.42. The van der Waals surface area contributed by atoms with Gasteiger partial charge in [0.2, 0.25) is 0 Å². The molecule has 0 aromatic carbocycles. The molecular weight excluding hydrogens is 206 g/mol. The second-order valence-electron chi connectivity index (χ2n) is 4.21. The summed E-state index contributed by atoms with van der Waals surface area (Å²) in [5.41, 5.74) is -0.685. The fourth-order valence-corrected chi connectivity index (χ4v) is 2.18. The van der Waals surface area contributed by atoms with Gasteiger partial charge in [-0.25, -0.2) is 0 Å². The molecule has 1 atom stereocenters. The van der Waals surface area contributed by atoms with Crippen LogP contribution in [0, 0.1) is 5.41 Å². The number of hydrogen-bond donors (Lipinski definition) is 1. The van der Waals surface area contributed by atoms with Crippen molar-refractivity contribution in [3.63, 3.8) is 0 Å². The summed E-state index contributed by atoms with van der Waals surface area (Å²) in [7, 11) is 0. The summed E-state index contributed by atoms with van der Waals surface area (Å²) >= 11 is 0. The topological polar surface area (TPSA) is 58.9 Å². The quantitative estimate of drug-likeness (QED) is 0.572. The summed E-state index contributed by atoms with van der Waals surface area (Å²) in [6.45, 7) is 5.13. The minimum absolute atomic E-state index is 0.187. The summed E-state index contributed by atoms with van der Waals surface area (Å²) in [4.78, 5) is 15.4. The lowest BCUT2D eigenvalue weighted by Gasteiger charge is -2.29. The van der Waals surface area contributed by atoms with Crippen LogP contribution in [0.3, 0.4) is 0 Å². The van der Waals surface area contributed by atoms with Crippen molar-refractivity contribution in [1.29, 1.82) is 0 Å². The van der Waals surface area contributed by atoms with Crippen molar-refractivity contribution in [2.24, 2.45) is 10.4 Å². The first-order valence-corrected chi connectivity index (χ1v) is 5.59. The Morgan fingerprint density at radius 1 is 1.62 bits per heavy atom. The smallest absolute Gasteiger partial charge is 0.315 e. The third-order valence-corrected chi connectivity index (χ3v) is 3.22. The minimum atomic E-state index is -0.685. The highest BCUT2D eigenvalue weighted by Gasteiger charge is 2.46. The first-order valence-electron chi connectivity index (χ1n) is 5.59. The number of carbonyl (C=O) groups is 1. The van der Waals surface area contributed by atoms with E-state index in [-0.39, 0.29) is 12.6 Å². The van der Waals surface area contributed by atoms with Crippen molar-refractivity contribution in [2.45, 2.75) is 38.7 Å². The van der Waals surface area contributed by atoms with E-state index in [1.54, 1.807) is 13.0 Å². The number of hydrogen-bond acceptors (Lipinski definition) is 4. The summed E-state index contributed by atoms with van der Waals surface area (Å²) < 4.78 is 5.12. The number of nitrogens with zero attached hydrogens (tertiary/aromatic N) is 1. The molecule has 0 aliphatic heterocycles. The van der Waals surface area contributed by atoms with E-state index in [9.17, 15) is 9.90 Å². The zero-order valence-corrected chi connectivity index (χ0v) is 9.69. The van der Waals surface area contributed by atoms with Crippen molar-refractivity contribution in [2.75, 3.05) is 6.61 Å². The van der Waals surface area contributed by atoms with Crippen molar-refractivity contribution in [1.82, 2.24) is 0 Å². The Morgan fingerprint density at radius 3 is 2.75 bits per heavy atom. The standard InChI is InChI=1S/C12H19NO3/c1-10(14)12(6-3-4-7-12)11(15)16-9-5-8-13-2/h5,8,10,14H,2-4,6-7,9H2,1H3/b8-5+. The fraction of sp³-hybridized carbons (Fsp3) is 0.667. The number of esters is 1. The molecule has 1 rings (SSSR count). The lowest BCUT2D eigenvalue weighted by Crippen LogP contribution is -2.39. The second kappa shape index (κ2) is 5.80. The van der Waals surface area contributed by atoms with Gasteiger partial charge in [0.15, 0.2) is 0 Å². The number of ether oxygens (including phenoxy) is 1. The van der Waals surface area contributed by atoms with Crippen LogP contribution in [0.5, 0.6) is 0 Å². The highest BCUT2D eigenvalue weighted by atomic mass is 16.5. The van der Waals surface area contributed by atoms with Gasteiger partial charge in [0.25, 0.3) is 0 Å². The molecule has 1 aliphatic rings. The van der Waals surface area contributed by atoms with Crippen LogP contribution in [0.25, 0.3) is 0 Å². The molecule has 0 aromatic heterocycles. The Labute approximate surface area is 96.0 Å². The summed E-state index contributed by atoms with van der Waals surface area (Å²) in [6, 6.07) is 0. The van der Waals surface area contributed by atoms with E-state index in [0.717, 1.165) is 12.8 Å². The van der Waals surface area contributed by atoms with E-state index >= 15 is 0 Å². The third kappa shape index (κ3) is 2.70. The van der Waals surface area contributed by atoms with Crippen molar-refractivity contribution in [3.8, 4) is 0 Å². The first kappa shape index (κ1) is 12.9. The van der Waals surface area contributed by atoms with Gasteiger partial charge in [0, 0.05) is 6.20 Å². The normalized spacial score (nSPS) is 20.9. The molecule has 16 heavy (non-hydrogen) atoms. The molecule has 1 aliphatic carbocycles. The average molecular weight is 225 g/mol. The number of rotatable bonds is 5. The van der Waals surface area contributed by atoms with Crippen LogP contribution in [0.2, 0.25) is 0 Å². The van der Waals surface area contributed by atoms with Gasteiger partial charge in [-0.05, 0) is 32.6 Å². The van der Waals surface area contributed by atoms with Gasteiger partial charge in [-0.3, -0.25) is 9.79 Å². The molecule has 1 fully saturated rings. The Bertz CT molecular complexity index is 278. The van der Waals surface area contributed by atoms with E-state index < -0.39 is 11.5 Å². The molecular formula is C12H19NO3. The van der Waals surface area contributed by atoms with Gasteiger partial charge in [-0.2, -0.15) is 0 Å². The van der Waals surface area contributed by atoms with E-state index in [4.69, 9.17) is 4.74 Å². The zero-order chi connectivity index (χ0) is 12.0. The van der Waals surface area contributed by atoms with Crippen molar-refractivity contribution < 1.29 is 14.6 Å². The Balaban J connectivity index is 2.55. The van der Waals surface area contributed by atoms with Gasteiger partial charge in [-0.1, -0.05) is 12.8 Å². The maximum absolute atomic E-state index is 11.9. The van der Waals surface area contributed by atoms with Crippen LogP contribution in [0.1, 0.15) is 32.6 Å². The van der Waals surface area contributed by atoms with Crippen molar-refractivity contribution in [3.05, 3.63) is 12.3 Å². The number of aliphatic imine (C=N–C) groups is 1. The zero-order valence-electron chi connectivity index (χ0n) is 9.69.